The maximum atomic E-state index is 8.87. The highest BCUT2D eigenvalue weighted by Crippen LogP contribution is 2.32. The molecule has 5 rings (SSSR count). The molecule has 4 aromatic rings. The molecular formula is C24H23N7. The van der Waals surface area contributed by atoms with Gasteiger partial charge in [0.15, 0.2) is 0 Å². The molecule has 0 radical (unpaired) electrons. The van der Waals surface area contributed by atoms with Crippen molar-refractivity contribution in [3.05, 3.63) is 78.1 Å². The first-order chi connectivity index (χ1) is 15.3. The minimum atomic E-state index is 0.265. The second kappa shape index (κ2) is 8.54. The molecule has 0 unspecified atom stereocenters. The predicted molar refractivity (Wildman–Crippen MR) is 120 cm³/mol. The van der Waals surface area contributed by atoms with E-state index in [0.29, 0.717) is 11.5 Å². The van der Waals surface area contributed by atoms with E-state index in [1.165, 1.54) is 29.3 Å². The van der Waals surface area contributed by atoms with Gasteiger partial charge in [-0.3, -0.25) is 9.88 Å². The molecule has 1 aliphatic heterocycles. The first-order valence-electron chi connectivity index (χ1n) is 10.5. The number of nitrogens with one attached hydrogen (secondary N) is 2. The van der Waals surface area contributed by atoms with Crippen LogP contribution in [-0.2, 0) is 6.54 Å². The van der Waals surface area contributed by atoms with Crippen molar-refractivity contribution in [1.82, 2.24) is 24.8 Å². The molecule has 0 amide bonds. The summed E-state index contributed by atoms with van der Waals surface area (Å²) in [6, 6.07) is 14.4. The molecule has 1 saturated heterocycles. The summed E-state index contributed by atoms with van der Waals surface area (Å²) in [6.07, 6.45) is 10.8. The lowest BCUT2D eigenvalue weighted by molar-refractivity contribution is 0.137. The van der Waals surface area contributed by atoms with Gasteiger partial charge in [-0.15, -0.1) is 0 Å². The number of nitrogens with zero attached hydrogens (tertiary/aromatic N) is 5. The highest BCUT2D eigenvalue weighted by Gasteiger charge is 2.26. The lowest BCUT2D eigenvalue weighted by Gasteiger charge is -2.35. The van der Waals surface area contributed by atoms with Crippen LogP contribution in [0.2, 0.25) is 0 Å². The van der Waals surface area contributed by atoms with E-state index in [1.807, 2.05) is 24.5 Å². The molecule has 3 aromatic heterocycles. The van der Waals surface area contributed by atoms with Crippen molar-refractivity contribution >= 4 is 22.4 Å². The Morgan fingerprint density at radius 3 is 2.84 bits per heavy atom. The lowest BCUT2D eigenvalue weighted by atomic mass is 9.98. The Kier molecular flexibility index (Phi) is 5.29. The van der Waals surface area contributed by atoms with Gasteiger partial charge in [-0.2, -0.15) is 5.26 Å². The van der Waals surface area contributed by atoms with Gasteiger partial charge in [0.25, 0.3) is 0 Å². The number of benzene rings is 1. The molecule has 1 aliphatic rings. The monoisotopic (exact) mass is 409 g/mol. The van der Waals surface area contributed by atoms with Gasteiger partial charge in [0.05, 0.1) is 36.0 Å². The standard InChI is InChI=1S/C24H23N7/c25-12-18-7-8-19(13-27-18)30-24-15-28-22(14-29-24)23-6-1-2-11-31(23)16-17-4-3-5-21-20(17)9-10-26-21/h3-5,7-10,13-15,23,26H,1-2,6,11,16H2,(H,29,30)/t23-/m0/s1. The lowest BCUT2D eigenvalue weighted by Crippen LogP contribution is -2.33. The van der Waals surface area contributed by atoms with Crippen LogP contribution in [0.1, 0.15) is 42.3 Å². The Morgan fingerprint density at radius 1 is 1.06 bits per heavy atom. The maximum Gasteiger partial charge on any atom is 0.148 e. The Labute approximate surface area is 180 Å². The largest absolute Gasteiger partial charge is 0.361 e. The quantitative estimate of drug-likeness (QED) is 0.496. The van der Waals surface area contributed by atoms with Crippen molar-refractivity contribution in [1.29, 1.82) is 5.26 Å². The third-order valence-corrected chi connectivity index (χ3v) is 5.84. The number of fused-ring (bicyclic) bond motifs is 1. The first-order valence-corrected chi connectivity index (χ1v) is 10.5. The van der Waals surface area contributed by atoms with Gasteiger partial charge in [-0.05, 0) is 49.2 Å². The van der Waals surface area contributed by atoms with E-state index in [1.54, 1.807) is 18.5 Å². The minimum absolute atomic E-state index is 0.265. The van der Waals surface area contributed by atoms with Crippen LogP contribution < -0.4 is 5.32 Å². The van der Waals surface area contributed by atoms with Crippen LogP contribution in [0.4, 0.5) is 11.5 Å². The molecule has 0 aliphatic carbocycles. The maximum absolute atomic E-state index is 8.87. The molecule has 2 N–H and O–H groups in total. The SMILES string of the molecule is N#Cc1ccc(Nc2cnc([C@@H]3CCCCN3Cc3cccc4[nH]ccc34)cn2)cn1. The van der Waals surface area contributed by atoms with E-state index in [2.05, 4.69) is 49.4 Å². The molecule has 7 nitrogen and oxygen atoms in total. The van der Waals surface area contributed by atoms with Crippen LogP contribution in [0.25, 0.3) is 10.9 Å². The summed E-state index contributed by atoms with van der Waals surface area (Å²) in [5.74, 6) is 0.662. The Morgan fingerprint density at radius 2 is 2.03 bits per heavy atom. The smallest absolute Gasteiger partial charge is 0.148 e. The number of likely N-dealkylation sites (tertiary alicyclic amines) is 1. The summed E-state index contributed by atoms with van der Waals surface area (Å²) in [4.78, 5) is 19.2. The number of hydrogen-bond donors (Lipinski definition) is 2. The molecule has 0 bridgehead atoms. The van der Waals surface area contributed by atoms with Crippen molar-refractivity contribution in [2.75, 3.05) is 11.9 Å². The van der Waals surface area contributed by atoms with Gasteiger partial charge in [-0.1, -0.05) is 18.6 Å². The van der Waals surface area contributed by atoms with Crippen molar-refractivity contribution in [2.45, 2.75) is 31.8 Å². The normalized spacial score (nSPS) is 16.8. The zero-order valence-electron chi connectivity index (χ0n) is 17.1. The third-order valence-electron chi connectivity index (χ3n) is 5.84. The van der Waals surface area contributed by atoms with Crippen molar-refractivity contribution in [3.8, 4) is 6.07 Å². The molecule has 1 aromatic carbocycles. The van der Waals surface area contributed by atoms with Gasteiger partial charge in [0.2, 0.25) is 0 Å². The molecule has 0 spiro atoms. The summed E-state index contributed by atoms with van der Waals surface area (Å²) < 4.78 is 0. The predicted octanol–water partition coefficient (Wildman–Crippen LogP) is 4.70. The second-order valence-electron chi connectivity index (χ2n) is 7.83. The highest BCUT2D eigenvalue weighted by atomic mass is 15.2. The van der Waals surface area contributed by atoms with E-state index >= 15 is 0 Å². The third kappa shape index (κ3) is 4.11. The van der Waals surface area contributed by atoms with Gasteiger partial charge in [0.1, 0.15) is 17.6 Å². The molecule has 7 heteroatoms. The molecule has 154 valence electrons. The molecule has 0 saturated carbocycles. The number of anilines is 2. The van der Waals surface area contributed by atoms with E-state index in [0.717, 1.165) is 30.9 Å². The van der Waals surface area contributed by atoms with E-state index in [-0.39, 0.29) is 6.04 Å². The molecule has 1 atom stereocenters. The van der Waals surface area contributed by atoms with Crippen LogP contribution >= 0.6 is 0 Å². The summed E-state index contributed by atoms with van der Waals surface area (Å²) in [7, 11) is 0. The number of nitriles is 1. The fraction of sp³-hybridized carbons (Fsp3) is 0.250. The highest BCUT2D eigenvalue weighted by molar-refractivity contribution is 5.82. The second-order valence-corrected chi connectivity index (χ2v) is 7.83. The van der Waals surface area contributed by atoms with Crippen LogP contribution in [0.5, 0.6) is 0 Å². The number of H-pyrrole nitrogens is 1. The summed E-state index contributed by atoms with van der Waals surface area (Å²) in [5, 5.41) is 13.3. The van der Waals surface area contributed by atoms with Crippen LogP contribution in [0.3, 0.4) is 0 Å². The zero-order valence-corrected chi connectivity index (χ0v) is 17.1. The van der Waals surface area contributed by atoms with Gasteiger partial charge < -0.3 is 10.3 Å². The number of rotatable bonds is 5. The minimum Gasteiger partial charge on any atom is -0.361 e. The van der Waals surface area contributed by atoms with Gasteiger partial charge >= 0.3 is 0 Å². The molecule has 1 fully saturated rings. The number of aromatic amines is 1. The number of piperidine rings is 1. The van der Waals surface area contributed by atoms with E-state index in [9.17, 15) is 0 Å². The summed E-state index contributed by atoms with van der Waals surface area (Å²) >= 11 is 0. The topological polar surface area (TPSA) is 93.5 Å². The average molecular weight is 409 g/mol. The average Bonchev–Trinajstić information content (AvgIpc) is 3.31. The van der Waals surface area contributed by atoms with Gasteiger partial charge in [0, 0.05) is 23.6 Å². The number of pyridine rings is 1. The van der Waals surface area contributed by atoms with E-state index < -0.39 is 0 Å². The molecule has 31 heavy (non-hydrogen) atoms. The Balaban J connectivity index is 1.32. The first kappa shape index (κ1) is 19.2. The Hall–Kier alpha value is -3.76. The summed E-state index contributed by atoms with van der Waals surface area (Å²) in [6.45, 7) is 1.96. The fourth-order valence-corrected chi connectivity index (χ4v) is 4.28. The molecule has 4 heterocycles. The number of aromatic nitrogens is 4. The van der Waals surface area contributed by atoms with Gasteiger partial charge in [-0.25, -0.2) is 9.97 Å². The van der Waals surface area contributed by atoms with Crippen LogP contribution in [-0.4, -0.2) is 31.4 Å². The fourth-order valence-electron chi connectivity index (χ4n) is 4.28. The van der Waals surface area contributed by atoms with Crippen LogP contribution in [0.15, 0.2) is 61.2 Å². The summed E-state index contributed by atoms with van der Waals surface area (Å²) in [5.41, 5.74) is 4.69. The number of hydrogen-bond acceptors (Lipinski definition) is 6. The Bertz CT molecular complexity index is 1210. The van der Waals surface area contributed by atoms with E-state index in [4.69, 9.17) is 10.2 Å². The van der Waals surface area contributed by atoms with Crippen molar-refractivity contribution < 1.29 is 0 Å². The van der Waals surface area contributed by atoms with Crippen molar-refractivity contribution in [3.63, 3.8) is 0 Å². The van der Waals surface area contributed by atoms with Crippen molar-refractivity contribution in [2.24, 2.45) is 0 Å². The van der Waals surface area contributed by atoms with Crippen LogP contribution in [0, 0.1) is 11.3 Å². The zero-order chi connectivity index (χ0) is 21.0. The molecular weight excluding hydrogens is 386 g/mol.